The number of benzene rings is 2. The molecule has 144 valence electrons. The van der Waals surface area contributed by atoms with Gasteiger partial charge >= 0.3 is 0 Å². The molecule has 8 heteroatoms. The Morgan fingerprint density at radius 1 is 1.07 bits per heavy atom. The summed E-state index contributed by atoms with van der Waals surface area (Å²) < 4.78 is 40.8. The van der Waals surface area contributed by atoms with E-state index in [-0.39, 0.29) is 31.4 Å². The first-order valence-corrected chi connectivity index (χ1v) is 10.1. The highest BCUT2D eigenvalue weighted by Crippen LogP contribution is 2.20. The molecule has 1 aliphatic heterocycles. The second-order valence-electron chi connectivity index (χ2n) is 6.50. The molecule has 0 atom stereocenters. The van der Waals surface area contributed by atoms with Gasteiger partial charge in [0.15, 0.2) is 0 Å². The van der Waals surface area contributed by atoms with E-state index in [1.54, 1.807) is 12.1 Å². The molecule has 0 unspecified atom stereocenters. The van der Waals surface area contributed by atoms with Crippen LogP contribution < -0.4 is 5.32 Å². The van der Waals surface area contributed by atoms with Crippen LogP contribution in [0.3, 0.4) is 0 Å². The lowest BCUT2D eigenvalue weighted by Gasteiger charge is -2.19. The average Bonchev–Trinajstić information content (AvgIpc) is 2.91. The van der Waals surface area contributed by atoms with Gasteiger partial charge in [-0.2, -0.15) is 17.0 Å². The average molecular weight is 391 g/mol. The van der Waals surface area contributed by atoms with E-state index in [0.29, 0.717) is 13.1 Å². The van der Waals surface area contributed by atoms with Gasteiger partial charge < -0.3 is 5.32 Å². The molecule has 1 N–H and O–H groups in total. The van der Waals surface area contributed by atoms with Gasteiger partial charge in [0, 0.05) is 26.2 Å². The quantitative estimate of drug-likeness (QED) is 0.817. The third-order valence-electron chi connectivity index (χ3n) is 4.58. The van der Waals surface area contributed by atoms with E-state index < -0.39 is 10.2 Å². The van der Waals surface area contributed by atoms with Crippen LogP contribution in [-0.4, -0.2) is 42.6 Å². The Bertz CT molecular complexity index is 916. The second kappa shape index (κ2) is 8.16. The lowest BCUT2D eigenvalue weighted by molar-refractivity contribution is -0.121. The maximum atomic E-state index is 12.9. The molecule has 1 heterocycles. The molecule has 2 aromatic carbocycles. The molecule has 0 aromatic heterocycles. The number of aryl methyl sites for hydroxylation is 1. The van der Waals surface area contributed by atoms with Crippen molar-refractivity contribution in [3.05, 3.63) is 71.0 Å². The van der Waals surface area contributed by atoms with Gasteiger partial charge in [-0.05, 0) is 35.7 Å². The van der Waals surface area contributed by atoms with Crippen LogP contribution in [-0.2, 0) is 28.1 Å². The van der Waals surface area contributed by atoms with E-state index in [0.717, 1.165) is 16.7 Å². The number of carbonyl (C=O) groups is 1. The molecule has 27 heavy (non-hydrogen) atoms. The number of amides is 1. The Morgan fingerprint density at radius 2 is 1.74 bits per heavy atom. The van der Waals surface area contributed by atoms with Crippen molar-refractivity contribution in [2.45, 2.75) is 20.0 Å². The largest absolute Gasteiger partial charge is 0.351 e. The third-order valence-corrected chi connectivity index (χ3v) is 6.51. The van der Waals surface area contributed by atoms with Crippen LogP contribution in [0.1, 0.15) is 16.7 Å². The van der Waals surface area contributed by atoms with E-state index >= 15 is 0 Å². The highest BCUT2D eigenvalue weighted by Gasteiger charge is 2.37. The Balaban J connectivity index is 1.57. The van der Waals surface area contributed by atoms with Gasteiger partial charge in [-0.25, -0.2) is 4.39 Å². The molecule has 1 saturated heterocycles. The fourth-order valence-electron chi connectivity index (χ4n) is 2.93. The molecule has 0 saturated carbocycles. The maximum Gasteiger partial charge on any atom is 0.282 e. The SMILES string of the molecule is Cc1ccccc1CN1CCN(CC(=O)NCc2ccc(F)cc2)S1(=O)=O. The van der Waals surface area contributed by atoms with Crippen LogP contribution >= 0.6 is 0 Å². The van der Waals surface area contributed by atoms with E-state index in [1.165, 1.54) is 20.7 Å². The van der Waals surface area contributed by atoms with Gasteiger partial charge in [0.2, 0.25) is 5.91 Å². The molecule has 0 radical (unpaired) electrons. The summed E-state index contributed by atoms with van der Waals surface area (Å²) in [7, 11) is -3.67. The summed E-state index contributed by atoms with van der Waals surface area (Å²) in [6, 6.07) is 13.4. The summed E-state index contributed by atoms with van der Waals surface area (Å²) in [5.74, 6) is -0.734. The molecule has 0 bridgehead atoms. The summed E-state index contributed by atoms with van der Waals surface area (Å²) in [6.45, 7) is 2.86. The molecular formula is C19H22FN3O3S. The fraction of sp³-hybridized carbons (Fsp3) is 0.316. The molecule has 2 aromatic rings. The van der Waals surface area contributed by atoms with Crippen LogP contribution in [0.4, 0.5) is 4.39 Å². The molecule has 6 nitrogen and oxygen atoms in total. The van der Waals surface area contributed by atoms with Crippen molar-refractivity contribution < 1.29 is 17.6 Å². The topological polar surface area (TPSA) is 69.7 Å². The van der Waals surface area contributed by atoms with E-state index in [1.807, 2.05) is 31.2 Å². The number of carbonyl (C=O) groups excluding carboxylic acids is 1. The van der Waals surface area contributed by atoms with Gasteiger partial charge in [0.05, 0.1) is 6.54 Å². The van der Waals surface area contributed by atoms with Crippen molar-refractivity contribution in [3.63, 3.8) is 0 Å². The summed E-state index contributed by atoms with van der Waals surface area (Å²) in [6.07, 6.45) is 0. The molecule has 0 spiro atoms. The summed E-state index contributed by atoms with van der Waals surface area (Å²) >= 11 is 0. The third kappa shape index (κ3) is 4.71. The molecule has 3 rings (SSSR count). The second-order valence-corrected chi connectivity index (χ2v) is 8.43. The summed E-state index contributed by atoms with van der Waals surface area (Å²) in [5.41, 5.74) is 2.72. The molecule has 0 aliphatic carbocycles. The maximum absolute atomic E-state index is 12.9. The molecule has 1 aliphatic rings. The van der Waals surface area contributed by atoms with Gasteiger partial charge in [-0.3, -0.25) is 4.79 Å². The lowest BCUT2D eigenvalue weighted by atomic mass is 10.1. The van der Waals surface area contributed by atoms with Gasteiger partial charge in [-0.1, -0.05) is 36.4 Å². The number of nitrogens with zero attached hydrogens (tertiary/aromatic N) is 2. The standard InChI is InChI=1S/C19H22FN3O3S/c1-15-4-2-3-5-17(15)13-22-10-11-23(27(22,25)26)14-19(24)21-12-16-6-8-18(20)9-7-16/h2-9H,10-14H2,1H3,(H,21,24). The first kappa shape index (κ1) is 19.5. The molecular weight excluding hydrogens is 369 g/mol. The number of halogens is 1. The van der Waals surface area contributed by atoms with Crippen LogP contribution in [0.2, 0.25) is 0 Å². The first-order valence-electron chi connectivity index (χ1n) is 8.67. The van der Waals surface area contributed by atoms with E-state index in [2.05, 4.69) is 5.32 Å². The smallest absolute Gasteiger partial charge is 0.282 e. The zero-order valence-electron chi connectivity index (χ0n) is 15.1. The Labute approximate surface area is 158 Å². The molecule has 1 fully saturated rings. The minimum Gasteiger partial charge on any atom is -0.351 e. The Hall–Kier alpha value is -2.29. The van der Waals surface area contributed by atoms with Crippen molar-refractivity contribution >= 4 is 16.1 Å². The summed E-state index contributed by atoms with van der Waals surface area (Å²) in [4.78, 5) is 12.1. The number of hydrogen-bond acceptors (Lipinski definition) is 3. The van der Waals surface area contributed by atoms with Crippen LogP contribution in [0, 0.1) is 12.7 Å². The minimum absolute atomic E-state index is 0.222. The minimum atomic E-state index is -3.67. The Kier molecular flexibility index (Phi) is 5.88. The van der Waals surface area contributed by atoms with Crippen LogP contribution in [0.15, 0.2) is 48.5 Å². The predicted molar refractivity (Wildman–Crippen MR) is 100 cm³/mol. The zero-order valence-corrected chi connectivity index (χ0v) is 15.9. The summed E-state index contributed by atoms with van der Waals surface area (Å²) in [5, 5.41) is 2.67. The Morgan fingerprint density at radius 3 is 2.44 bits per heavy atom. The monoisotopic (exact) mass is 391 g/mol. The van der Waals surface area contributed by atoms with E-state index in [4.69, 9.17) is 0 Å². The zero-order chi connectivity index (χ0) is 19.4. The fourth-order valence-corrected chi connectivity index (χ4v) is 4.47. The highest BCUT2D eigenvalue weighted by atomic mass is 32.2. The first-order chi connectivity index (χ1) is 12.9. The van der Waals surface area contributed by atoms with Crippen molar-refractivity contribution in [3.8, 4) is 0 Å². The van der Waals surface area contributed by atoms with Crippen molar-refractivity contribution in [2.24, 2.45) is 0 Å². The normalized spacial score (nSPS) is 17.1. The van der Waals surface area contributed by atoms with E-state index in [9.17, 15) is 17.6 Å². The predicted octanol–water partition coefficient (Wildman–Crippen LogP) is 1.81. The van der Waals surface area contributed by atoms with Crippen LogP contribution in [0.25, 0.3) is 0 Å². The van der Waals surface area contributed by atoms with Crippen molar-refractivity contribution in [1.29, 1.82) is 0 Å². The van der Waals surface area contributed by atoms with Crippen molar-refractivity contribution in [2.75, 3.05) is 19.6 Å². The number of hydrogen-bond donors (Lipinski definition) is 1. The van der Waals surface area contributed by atoms with Crippen molar-refractivity contribution in [1.82, 2.24) is 13.9 Å². The van der Waals surface area contributed by atoms with Gasteiger partial charge in [0.1, 0.15) is 5.82 Å². The van der Waals surface area contributed by atoms with Gasteiger partial charge in [-0.15, -0.1) is 0 Å². The van der Waals surface area contributed by atoms with Crippen LogP contribution in [0.5, 0.6) is 0 Å². The molecule has 1 amide bonds. The number of rotatable bonds is 6. The highest BCUT2D eigenvalue weighted by molar-refractivity contribution is 7.87. The number of nitrogens with one attached hydrogen (secondary N) is 1. The van der Waals surface area contributed by atoms with Gasteiger partial charge in [0.25, 0.3) is 10.2 Å². The lowest BCUT2D eigenvalue weighted by Crippen LogP contribution is -2.40.